The Morgan fingerprint density at radius 1 is 1.07 bits per heavy atom. The summed E-state index contributed by atoms with van der Waals surface area (Å²) in [7, 11) is 1.51. The van der Waals surface area contributed by atoms with E-state index in [0.717, 1.165) is 31.5 Å². The van der Waals surface area contributed by atoms with Crippen LogP contribution in [0.1, 0.15) is 24.8 Å². The summed E-state index contributed by atoms with van der Waals surface area (Å²) in [4.78, 5) is 14.8. The summed E-state index contributed by atoms with van der Waals surface area (Å²) >= 11 is 0. The molecule has 2 unspecified atom stereocenters. The van der Waals surface area contributed by atoms with E-state index in [2.05, 4.69) is 10.2 Å². The summed E-state index contributed by atoms with van der Waals surface area (Å²) in [5, 5.41) is 2.96. The maximum absolute atomic E-state index is 12.6. The van der Waals surface area contributed by atoms with E-state index < -0.39 is 9.84 Å². The van der Waals surface area contributed by atoms with Crippen molar-refractivity contribution in [2.75, 3.05) is 45.9 Å². The first-order valence-electron chi connectivity index (χ1n) is 9.89. The fourth-order valence-electron chi connectivity index (χ4n) is 4.22. The van der Waals surface area contributed by atoms with Gasteiger partial charge in [0.2, 0.25) is 11.7 Å². The second-order valence-electron chi connectivity index (χ2n) is 7.59. The van der Waals surface area contributed by atoms with Crippen LogP contribution in [-0.4, -0.2) is 77.2 Å². The Morgan fingerprint density at radius 2 is 1.69 bits per heavy atom. The largest absolute Gasteiger partial charge is 0.493 e. The lowest BCUT2D eigenvalue weighted by atomic mass is 10.1. The molecule has 0 radical (unpaired) electrons. The standard InChI is InChI=1S/C20H30N2O6S/c1-26-17-10-14(11-18(27-2)20(17)28-3)6-7-19(23)21-15-12-29(24,25)13-16(15)22-8-4-5-9-22/h10-11,15-16H,4-9,12-13H2,1-3H3,(H,21,23). The van der Waals surface area contributed by atoms with E-state index in [1.54, 1.807) is 21.3 Å². The van der Waals surface area contributed by atoms with Crippen molar-refractivity contribution in [3.63, 3.8) is 0 Å². The average Bonchev–Trinajstić information content (AvgIpc) is 3.32. The number of rotatable bonds is 8. The SMILES string of the molecule is COc1cc(CCC(=O)NC2CS(=O)(=O)CC2N2CCCC2)cc(OC)c1OC. The average molecular weight is 427 g/mol. The van der Waals surface area contributed by atoms with Crippen LogP contribution < -0.4 is 19.5 Å². The Morgan fingerprint density at radius 3 is 2.24 bits per heavy atom. The second kappa shape index (κ2) is 9.21. The number of hydrogen-bond donors (Lipinski definition) is 1. The van der Waals surface area contributed by atoms with Crippen molar-refractivity contribution in [3.8, 4) is 17.2 Å². The zero-order chi connectivity index (χ0) is 21.0. The van der Waals surface area contributed by atoms with E-state index in [1.165, 1.54) is 0 Å². The van der Waals surface area contributed by atoms with Gasteiger partial charge in [0, 0.05) is 12.5 Å². The molecule has 1 aromatic rings. The number of aryl methyl sites for hydroxylation is 1. The van der Waals surface area contributed by atoms with Crippen LogP contribution in [0.3, 0.4) is 0 Å². The summed E-state index contributed by atoms with van der Waals surface area (Å²) in [5.41, 5.74) is 0.879. The van der Waals surface area contributed by atoms with Crippen molar-refractivity contribution < 1.29 is 27.4 Å². The minimum absolute atomic E-state index is 0.0179. The normalized spacial score (nSPS) is 23.7. The Hall–Kier alpha value is -2.00. The van der Waals surface area contributed by atoms with Crippen LogP contribution in [0.4, 0.5) is 0 Å². The Bertz CT molecular complexity index is 810. The molecule has 0 aromatic heterocycles. The van der Waals surface area contributed by atoms with Crippen LogP contribution in [0.25, 0.3) is 0 Å². The van der Waals surface area contributed by atoms with Gasteiger partial charge in [0.15, 0.2) is 21.3 Å². The zero-order valence-corrected chi connectivity index (χ0v) is 18.1. The summed E-state index contributed by atoms with van der Waals surface area (Å²) in [6, 6.07) is 3.18. The minimum atomic E-state index is -3.12. The fraction of sp³-hybridized carbons (Fsp3) is 0.650. The highest BCUT2D eigenvalue weighted by Crippen LogP contribution is 2.38. The number of nitrogens with zero attached hydrogens (tertiary/aromatic N) is 1. The van der Waals surface area contributed by atoms with Crippen LogP contribution >= 0.6 is 0 Å². The van der Waals surface area contributed by atoms with Gasteiger partial charge in [-0.3, -0.25) is 9.69 Å². The molecule has 0 aliphatic carbocycles. The number of likely N-dealkylation sites (tertiary alicyclic amines) is 1. The molecule has 2 aliphatic heterocycles. The molecule has 1 N–H and O–H groups in total. The third-order valence-electron chi connectivity index (χ3n) is 5.64. The molecule has 2 heterocycles. The minimum Gasteiger partial charge on any atom is -0.493 e. The predicted octanol–water partition coefficient (Wildman–Crippen LogP) is 1.02. The van der Waals surface area contributed by atoms with Crippen LogP contribution in [0.2, 0.25) is 0 Å². The van der Waals surface area contributed by atoms with E-state index in [-0.39, 0.29) is 35.9 Å². The van der Waals surface area contributed by atoms with Crippen LogP contribution in [-0.2, 0) is 21.1 Å². The third kappa shape index (κ3) is 5.14. The molecule has 0 bridgehead atoms. The molecule has 1 amide bonds. The van der Waals surface area contributed by atoms with Gasteiger partial charge in [0.25, 0.3) is 0 Å². The van der Waals surface area contributed by atoms with Gasteiger partial charge in [0.1, 0.15) is 0 Å². The van der Waals surface area contributed by atoms with Gasteiger partial charge in [-0.15, -0.1) is 0 Å². The predicted molar refractivity (Wildman–Crippen MR) is 110 cm³/mol. The summed E-state index contributed by atoms with van der Waals surface area (Å²) in [5.74, 6) is 1.59. The molecule has 8 nitrogen and oxygen atoms in total. The molecule has 1 aromatic carbocycles. The van der Waals surface area contributed by atoms with Crippen LogP contribution in [0.5, 0.6) is 17.2 Å². The van der Waals surface area contributed by atoms with Crippen LogP contribution in [0, 0.1) is 0 Å². The summed E-state index contributed by atoms with van der Waals surface area (Å²) in [6.07, 6.45) is 2.90. The number of sulfone groups is 1. The molecule has 2 saturated heterocycles. The quantitative estimate of drug-likeness (QED) is 0.663. The van der Waals surface area contributed by atoms with Gasteiger partial charge in [-0.1, -0.05) is 0 Å². The number of methoxy groups -OCH3 is 3. The summed E-state index contributed by atoms with van der Waals surface area (Å²) in [6.45, 7) is 1.80. The highest BCUT2D eigenvalue weighted by atomic mass is 32.2. The second-order valence-corrected chi connectivity index (χ2v) is 9.75. The van der Waals surface area contributed by atoms with Gasteiger partial charge >= 0.3 is 0 Å². The molecule has 0 spiro atoms. The maximum Gasteiger partial charge on any atom is 0.220 e. The number of carbonyl (C=O) groups is 1. The van der Waals surface area contributed by atoms with Crippen molar-refractivity contribution in [2.45, 2.75) is 37.8 Å². The lowest BCUT2D eigenvalue weighted by Gasteiger charge is -2.28. The smallest absolute Gasteiger partial charge is 0.220 e. The monoisotopic (exact) mass is 426 g/mol. The first-order valence-corrected chi connectivity index (χ1v) is 11.7. The Labute approximate surface area is 172 Å². The number of ether oxygens (including phenoxy) is 3. The number of carbonyl (C=O) groups excluding carboxylic acids is 1. The van der Waals surface area contributed by atoms with Gasteiger partial charge in [0.05, 0.1) is 38.9 Å². The lowest BCUT2D eigenvalue weighted by molar-refractivity contribution is -0.121. The van der Waals surface area contributed by atoms with Crippen LogP contribution in [0.15, 0.2) is 12.1 Å². The Kier molecular flexibility index (Phi) is 6.89. The lowest BCUT2D eigenvalue weighted by Crippen LogP contribution is -2.50. The molecule has 2 aliphatic rings. The third-order valence-corrected chi connectivity index (χ3v) is 7.36. The van der Waals surface area contributed by atoms with Gasteiger partial charge < -0.3 is 19.5 Å². The van der Waals surface area contributed by atoms with Crippen molar-refractivity contribution in [1.29, 1.82) is 0 Å². The van der Waals surface area contributed by atoms with E-state index >= 15 is 0 Å². The number of hydrogen-bond acceptors (Lipinski definition) is 7. The number of benzene rings is 1. The molecule has 2 fully saturated rings. The van der Waals surface area contributed by atoms with Gasteiger partial charge in [-0.25, -0.2) is 8.42 Å². The highest BCUT2D eigenvalue weighted by molar-refractivity contribution is 7.91. The molecular weight excluding hydrogens is 396 g/mol. The van der Waals surface area contributed by atoms with Crippen molar-refractivity contribution in [3.05, 3.63) is 17.7 Å². The van der Waals surface area contributed by atoms with Crippen molar-refractivity contribution in [1.82, 2.24) is 10.2 Å². The molecule has 162 valence electrons. The fourth-order valence-corrected chi connectivity index (χ4v) is 6.17. The number of amides is 1. The van der Waals surface area contributed by atoms with Gasteiger partial charge in [-0.05, 0) is 50.0 Å². The highest BCUT2D eigenvalue weighted by Gasteiger charge is 2.42. The van der Waals surface area contributed by atoms with E-state index in [0.29, 0.717) is 23.7 Å². The maximum atomic E-state index is 12.6. The van der Waals surface area contributed by atoms with E-state index in [1.807, 2.05) is 12.1 Å². The molecule has 9 heteroatoms. The first kappa shape index (κ1) is 21.7. The van der Waals surface area contributed by atoms with Gasteiger partial charge in [-0.2, -0.15) is 0 Å². The van der Waals surface area contributed by atoms with Crippen molar-refractivity contribution >= 4 is 15.7 Å². The van der Waals surface area contributed by atoms with E-state index in [4.69, 9.17) is 14.2 Å². The zero-order valence-electron chi connectivity index (χ0n) is 17.3. The number of nitrogens with one attached hydrogen (secondary N) is 1. The summed E-state index contributed by atoms with van der Waals surface area (Å²) < 4.78 is 40.3. The topological polar surface area (TPSA) is 94.2 Å². The molecule has 3 rings (SSSR count). The molecule has 29 heavy (non-hydrogen) atoms. The molecular formula is C20H30N2O6S. The van der Waals surface area contributed by atoms with Crippen molar-refractivity contribution in [2.24, 2.45) is 0 Å². The molecule has 0 saturated carbocycles. The first-order chi connectivity index (χ1) is 13.9. The Balaban J connectivity index is 1.63. The molecule has 2 atom stereocenters. The van der Waals surface area contributed by atoms with E-state index in [9.17, 15) is 13.2 Å².